The van der Waals surface area contributed by atoms with Gasteiger partial charge in [-0.2, -0.15) is 10.1 Å². The van der Waals surface area contributed by atoms with E-state index < -0.39 is 0 Å². The van der Waals surface area contributed by atoms with Crippen molar-refractivity contribution in [3.05, 3.63) is 24.7 Å². The zero-order valence-electron chi connectivity index (χ0n) is 14.7. The molecular weight excluding hydrogens is 318 g/mol. The molecular formula is C17H23N7O. The molecule has 0 radical (unpaired) electrons. The normalized spacial score (nSPS) is 20.6. The third-order valence-electron chi connectivity index (χ3n) is 4.88. The molecule has 4 heterocycles. The first-order valence-corrected chi connectivity index (χ1v) is 8.71. The lowest BCUT2D eigenvalue weighted by Gasteiger charge is -2.19. The average Bonchev–Trinajstić information content (AvgIpc) is 3.34. The van der Waals surface area contributed by atoms with E-state index in [-0.39, 0.29) is 11.9 Å². The summed E-state index contributed by atoms with van der Waals surface area (Å²) in [5.74, 6) is 1.86. The Hall–Kier alpha value is -2.64. The lowest BCUT2D eigenvalue weighted by Crippen LogP contribution is -2.24. The number of carbonyl (C=O) groups is 1. The van der Waals surface area contributed by atoms with Crippen LogP contribution in [-0.4, -0.2) is 59.4 Å². The largest absolute Gasteiger partial charge is 0.363 e. The molecule has 1 unspecified atom stereocenters. The molecule has 1 amide bonds. The Kier molecular flexibility index (Phi) is 4.03. The quantitative estimate of drug-likeness (QED) is 0.835. The molecule has 132 valence electrons. The molecule has 0 aliphatic carbocycles. The Morgan fingerprint density at radius 3 is 2.92 bits per heavy atom. The van der Waals surface area contributed by atoms with Gasteiger partial charge in [-0.15, -0.1) is 0 Å². The predicted molar refractivity (Wildman–Crippen MR) is 96.0 cm³/mol. The predicted octanol–water partition coefficient (Wildman–Crippen LogP) is 1.32. The summed E-state index contributed by atoms with van der Waals surface area (Å²) in [7, 11) is 3.95. The van der Waals surface area contributed by atoms with Gasteiger partial charge in [0.15, 0.2) is 0 Å². The maximum absolute atomic E-state index is 11.9. The maximum Gasteiger partial charge on any atom is 0.227 e. The number of rotatable bonds is 4. The SMILES string of the molecule is CN(C)c1ccnc(N2CCC(n3cc(N4CCCC4=O)cn3)C2)n1. The van der Waals surface area contributed by atoms with Crippen LogP contribution in [0.1, 0.15) is 25.3 Å². The van der Waals surface area contributed by atoms with Crippen LogP contribution >= 0.6 is 0 Å². The second-order valence-corrected chi connectivity index (χ2v) is 6.83. The van der Waals surface area contributed by atoms with Gasteiger partial charge in [-0.25, -0.2) is 4.98 Å². The Labute approximate surface area is 147 Å². The zero-order valence-corrected chi connectivity index (χ0v) is 14.7. The van der Waals surface area contributed by atoms with Gasteiger partial charge in [-0.1, -0.05) is 0 Å². The molecule has 0 spiro atoms. The van der Waals surface area contributed by atoms with Crippen molar-refractivity contribution in [2.75, 3.05) is 48.4 Å². The van der Waals surface area contributed by atoms with Crippen molar-refractivity contribution in [1.29, 1.82) is 0 Å². The van der Waals surface area contributed by atoms with Crippen LogP contribution in [0.3, 0.4) is 0 Å². The minimum absolute atomic E-state index is 0.196. The first-order chi connectivity index (χ1) is 12.1. The zero-order chi connectivity index (χ0) is 17.4. The average molecular weight is 341 g/mol. The monoisotopic (exact) mass is 341 g/mol. The van der Waals surface area contributed by atoms with Crippen LogP contribution in [0.5, 0.6) is 0 Å². The fourth-order valence-corrected chi connectivity index (χ4v) is 3.47. The van der Waals surface area contributed by atoms with E-state index in [0.717, 1.165) is 49.9 Å². The number of anilines is 3. The summed E-state index contributed by atoms with van der Waals surface area (Å²) in [5, 5.41) is 4.50. The van der Waals surface area contributed by atoms with Gasteiger partial charge in [0, 0.05) is 52.5 Å². The molecule has 4 rings (SSSR count). The fourth-order valence-electron chi connectivity index (χ4n) is 3.47. The number of nitrogens with zero attached hydrogens (tertiary/aromatic N) is 7. The van der Waals surface area contributed by atoms with Crippen molar-refractivity contribution < 1.29 is 4.79 Å². The van der Waals surface area contributed by atoms with Gasteiger partial charge < -0.3 is 14.7 Å². The second-order valence-electron chi connectivity index (χ2n) is 6.83. The minimum Gasteiger partial charge on any atom is -0.363 e. The number of carbonyl (C=O) groups excluding carboxylic acids is 1. The van der Waals surface area contributed by atoms with Crippen LogP contribution in [0, 0.1) is 0 Å². The topological polar surface area (TPSA) is 70.4 Å². The summed E-state index contributed by atoms with van der Waals surface area (Å²) < 4.78 is 1.98. The smallest absolute Gasteiger partial charge is 0.227 e. The van der Waals surface area contributed by atoms with Crippen LogP contribution in [-0.2, 0) is 4.79 Å². The highest BCUT2D eigenvalue weighted by Crippen LogP contribution is 2.27. The molecule has 8 heteroatoms. The van der Waals surface area contributed by atoms with Gasteiger partial charge >= 0.3 is 0 Å². The van der Waals surface area contributed by atoms with E-state index in [9.17, 15) is 4.79 Å². The Balaban J connectivity index is 1.47. The summed E-state index contributed by atoms with van der Waals surface area (Å²) >= 11 is 0. The molecule has 2 aliphatic rings. The Bertz CT molecular complexity index is 772. The third kappa shape index (κ3) is 3.04. The highest BCUT2D eigenvalue weighted by molar-refractivity contribution is 5.95. The summed E-state index contributed by atoms with van der Waals surface area (Å²) in [6.45, 7) is 2.53. The van der Waals surface area contributed by atoms with Gasteiger partial charge in [0.2, 0.25) is 11.9 Å². The molecule has 0 bridgehead atoms. The molecule has 8 nitrogen and oxygen atoms in total. The van der Waals surface area contributed by atoms with E-state index >= 15 is 0 Å². The van der Waals surface area contributed by atoms with Crippen molar-refractivity contribution in [3.8, 4) is 0 Å². The second kappa shape index (κ2) is 6.34. The third-order valence-corrected chi connectivity index (χ3v) is 4.88. The molecule has 1 atom stereocenters. The van der Waals surface area contributed by atoms with Crippen molar-refractivity contribution in [1.82, 2.24) is 19.7 Å². The van der Waals surface area contributed by atoms with Crippen LogP contribution in [0.4, 0.5) is 17.5 Å². The lowest BCUT2D eigenvalue weighted by molar-refractivity contribution is -0.117. The van der Waals surface area contributed by atoms with Gasteiger partial charge in [-0.3, -0.25) is 9.48 Å². The number of hydrogen-bond acceptors (Lipinski definition) is 6. The molecule has 2 aromatic heterocycles. The number of amides is 1. The lowest BCUT2D eigenvalue weighted by atomic mass is 10.3. The van der Waals surface area contributed by atoms with E-state index in [1.165, 1.54) is 0 Å². The molecule has 2 aromatic rings. The molecule has 25 heavy (non-hydrogen) atoms. The van der Waals surface area contributed by atoms with Crippen molar-refractivity contribution >= 4 is 23.4 Å². The van der Waals surface area contributed by atoms with E-state index in [4.69, 9.17) is 0 Å². The molecule has 0 saturated carbocycles. The fraction of sp³-hybridized carbons (Fsp3) is 0.529. The molecule has 0 aromatic carbocycles. The summed E-state index contributed by atoms with van der Waals surface area (Å²) in [6.07, 6.45) is 8.16. The summed E-state index contributed by atoms with van der Waals surface area (Å²) in [5.41, 5.74) is 0.909. The summed E-state index contributed by atoms with van der Waals surface area (Å²) in [6, 6.07) is 2.18. The minimum atomic E-state index is 0.196. The van der Waals surface area contributed by atoms with Crippen LogP contribution in [0.25, 0.3) is 0 Å². The van der Waals surface area contributed by atoms with E-state index in [2.05, 4.69) is 20.0 Å². The number of hydrogen-bond donors (Lipinski definition) is 0. The van der Waals surface area contributed by atoms with Crippen LogP contribution in [0.15, 0.2) is 24.7 Å². The highest BCUT2D eigenvalue weighted by atomic mass is 16.2. The summed E-state index contributed by atoms with van der Waals surface area (Å²) in [4.78, 5) is 26.9. The van der Waals surface area contributed by atoms with Gasteiger partial charge in [0.1, 0.15) is 5.82 Å². The highest BCUT2D eigenvalue weighted by Gasteiger charge is 2.28. The first kappa shape index (κ1) is 15.9. The Morgan fingerprint density at radius 1 is 1.28 bits per heavy atom. The van der Waals surface area contributed by atoms with E-state index in [1.807, 2.05) is 40.8 Å². The van der Waals surface area contributed by atoms with Crippen molar-refractivity contribution in [2.24, 2.45) is 0 Å². The Morgan fingerprint density at radius 2 is 2.16 bits per heavy atom. The van der Waals surface area contributed by atoms with Gasteiger partial charge in [0.25, 0.3) is 0 Å². The van der Waals surface area contributed by atoms with Crippen molar-refractivity contribution in [3.63, 3.8) is 0 Å². The van der Waals surface area contributed by atoms with E-state index in [0.29, 0.717) is 6.42 Å². The first-order valence-electron chi connectivity index (χ1n) is 8.71. The van der Waals surface area contributed by atoms with E-state index in [1.54, 1.807) is 12.4 Å². The maximum atomic E-state index is 11.9. The number of aromatic nitrogens is 4. The molecule has 2 saturated heterocycles. The van der Waals surface area contributed by atoms with Crippen LogP contribution < -0.4 is 14.7 Å². The van der Waals surface area contributed by atoms with Gasteiger partial charge in [-0.05, 0) is 18.9 Å². The molecule has 2 fully saturated rings. The van der Waals surface area contributed by atoms with Crippen molar-refractivity contribution in [2.45, 2.75) is 25.3 Å². The van der Waals surface area contributed by atoms with Crippen LogP contribution in [0.2, 0.25) is 0 Å². The molecule has 2 aliphatic heterocycles. The molecule has 0 N–H and O–H groups in total. The van der Waals surface area contributed by atoms with Gasteiger partial charge in [0.05, 0.1) is 17.9 Å². The standard InChI is InChI=1S/C17H23N7O/c1-21(2)15-5-7-18-17(20-15)22-9-6-13(11-22)24-12-14(10-19-24)23-8-3-4-16(23)25/h5,7,10,12-13H,3-4,6,8-9,11H2,1-2H3.